The zero-order chi connectivity index (χ0) is 23.1. The molecule has 3 fully saturated rings. The molecule has 8 unspecified atom stereocenters. The first-order valence-corrected chi connectivity index (χ1v) is 14.3. The number of hydrogen-bond donors (Lipinski definition) is 0. The second kappa shape index (κ2) is 9.12. The molecule has 180 valence electrons. The standard InChI is InChI=1S/C31H51N/c1-7-23-15-18-30(5)24(20-23)11-12-25-27-14-13-26(31(27,6)19-16-28(25)30)22(2)10-8-9-17-29(3,4)21-32/h11,22-23,25-28H,7-10,12-20H2,1-6H3. The van der Waals surface area contributed by atoms with Gasteiger partial charge in [-0.05, 0) is 118 Å². The summed E-state index contributed by atoms with van der Waals surface area (Å²) in [5.74, 6) is 5.60. The number of nitriles is 1. The SMILES string of the molecule is CCC1CCC2(C)C(=CCC3C2CCC2(C)C(C(C)CCCCC(C)(C)C#N)CCC32)C1. The molecule has 4 rings (SSSR count). The first kappa shape index (κ1) is 24.4. The quantitative estimate of drug-likeness (QED) is 0.287. The van der Waals surface area contributed by atoms with Gasteiger partial charge in [0.25, 0.3) is 0 Å². The van der Waals surface area contributed by atoms with Crippen LogP contribution in [0.1, 0.15) is 125 Å². The summed E-state index contributed by atoms with van der Waals surface area (Å²) in [7, 11) is 0. The molecule has 0 N–H and O–H groups in total. The molecule has 0 bridgehead atoms. The Hall–Kier alpha value is -0.770. The summed E-state index contributed by atoms with van der Waals surface area (Å²) in [6.45, 7) is 14.5. The van der Waals surface area contributed by atoms with Crippen molar-refractivity contribution in [2.45, 2.75) is 125 Å². The Morgan fingerprint density at radius 2 is 1.88 bits per heavy atom. The molecule has 1 nitrogen and oxygen atoms in total. The Morgan fingerprint density at radius 3 is 2.59 bits per heavy atom. The van der Waals surface area contributed by atoms with Crippen molar-refractivity contribution >= 4 is 0 Å². The average Bonchev–Trinajstić information content (AvgIpc) is 3.13. The van der Waals surface area contributed by atoms with E-state index in [9.17, 15) is 5.26 Å². The summed E-state index contributed by atoms with van der Waals surface area (Å²) in [4.78, 5) is 0. The Bertz CT molecular complexity index is 740. The number of allylic oxidation sites excluding steroid dienone is 2. The third-order valence-electron chi connectivity index (χ3n) is 11.6. The topological polar surface area (TPSA) is 23.8 Å². The van der Waals surface area contributed by atoms with Crippen LogP contribution in [0.4, 0.5) is 0 Å². The third-order valence-corrected chi connectivity index (χ3v) is 11.6. The molecule has 4 aliphatic rings. The molecule has 0 radical (unpaired) electrons. The third kappa shape index (κ3) is 4.23. The van der Waals surface area contributed by atoms with E-state index >= 15 is 0 Å². The van der Waals surface area contributed by atoms with Gasteiger partial charge >= 0.3 is 0 Å². The van der Waals surface area contributed by atoms with Gasteiger partial charge in [-0.3, -0.25) is 0 Å². The summed E-state index contributed by atoms with van der Waals surface area (Å²) in [5.41, 5.74) is 2.82. The van der Waals surface area contributed by atoms with Crippen LogP contribution in [0.5, 0.6) is 0 Å². The molecule has 0 aromatic carbocycles. The Labute approximate surface area is 199 Å². The molecular formula is C31H51N. The van der Waals surface area contributed by atoms with E-state index in [1.54, 1.807) is 0 Å². The van der Waals surface area contributed by atoms with E-state index in [0.717, 1.165) is 41.9 Å². The highest BCUT2D eigenvalue weighted by Gasteiger charge is 2.59. The van der Waals surface area contributed by atoms with Crippen LogP contribution in [0.3, 0.4) is 0 Å². The average molecular weight is 438 g/mol. The van der Waals surface area contributed by atoms with Gasteiger partial charge in [-0.15, -0.1) is 0 Å². The molecule has 3 saturated carbocycles. The van der Waals surface area contributed by atoms with E-state index in [1.807, 2.05) is 5.57 Å². The van der Waals surface area contributed by atoms with Gasteiger partial charge in [-0.2, -0.15) is 5.26 Å². The molecule has 8 atom stereocenters. The zero-order valence-electron chi connectivity index (χ0n) is 22.2. The monoisotopic (exact) mass is 437 g/mol. The van der Waals surface area contributed by atoms with Crippen LogP contribution in [0, 0.1) is 63.1 Å². The van der Waals surface area contributed by atoms with Gasteiger partial charge in [-0.1, -0.05) is 65.0 Å². The lowest BCUT2D eigenvalue weighted by Crippen LogP contribution is -2.50. The van der Waals surface area contributed by atoms with Crippen molar-refractivity contribution in [3.8, 4) is 6.07 Å². The summed E-state index contributed by atoms with van der Waals surface area (Å²) >= 11 is 0. The van der Waals surface area contributed by atoms with Crippen LogP contribution in [-0.2, 0) is 0 Å². The summed E-state index contributed by atoms with van der Waals surface area (Å²) in [6, 6.07) is 2.48. The maximum Gasteiger partial charge on any atom is 0.0683 e. The maximum absolute atomic E-state index is 9.30. The van der Waals surface area contributed by atoms with Crippen LogP contribution in [0.2, 0.25) is 0 Å². The maximum atomic E-state index is 9.30. The fraction of sp³-hybridized carbons (Fsp3) is 0.903. The van der Waals surface area contributed by atoms with Gasteiger partial charge in [0.1, 0.15) is 0 Å². The molecule has 4 aliphatic carbocycles. The van der Waals surface area contributed by atoms with Crippen LogP contribution in [0.25, 0.3) is 0 Å². The van der Waals surface area contributed by atoms with Crippen molar-refractivity contribution in [3.63, 3.8) is 0 Å². The van der Waals surface area contributed by atoms with Gasteiger partial charge < -0.3 is 0 Å². The van der Waals surface area contributed by atoms with Gasteiger partial charge in [0.15, 0.2) is 0 Å². The molecule has 0 aromatic rings. The van der Waals surface area contributed by atoms with E-state index < -0.39 is 0 Å². The minimum Gasteiger partial charge on any atom is -0.198 e. The molecular weight excluding hydrogens is 386 g/mol. The van der Waals surface area contributed by atoms with Crippen LogP contribution in [-0.4, -0.2) is 0 Å². The van der Waals surface area contributed by atoms with Crippen molar-refractivity contribution in [1.82, 2.24) is 0 Å². The van der Waals surface area contributed by atoms with E-state index in [1.165, 1.54) is 77.0 Å². The summed E-state index contributed by atoms with van der Waals surface area (Å²) in [6.07, 6.45) is 20.7. The van der Waals surface area contributed by atoms with Crippen LogP contribution >= 0.6 is 0 Å². The van der Waals surface area contributed by atoms with Gasteiger partial charge in [0.2, 0.25) is 0 Å². The predicted octanol–water partition coefficient (Wildman–Crippen LogP) is 9.34. The fourth-order valence-electron chi connectivity index (χ4n) is 9.35. The highest BCUT2D eigenvalue weighted by molar-refractivity contribution is 5.25. The van der Waals surface area contributed by atoms with Gasteiger partial charge in [0, 0.05) is 0 Å². The highest BCUT2D eigenvalue weighted by atomic mass is 14.6. The minimum absolute atomic E-state index is 0.147. The smallest absolute Gasteiger partial charge is 0.0683 e. The van der Waals surface area contributed by atoms with E-state index in [-0.39, 0.29) is 5.41 Å². The normalized spacial score (nSPS) is 42.3. The lowest BCUT2D eigenvalue weighted by Gasteiger charge is -2.58. The number of hydrogen-bond acceptors (Lipinski definition) is 1. The van der Waals surface area contributed by atoms with Crippen molar-refractivity contribution in [2.75, 3.05) is 0 Å². The minimum atomic E-state index is -0.147. The molecule has 0 aromatic heterocycles. The molecule has 0 spiro atoms. The van der Waals surface area contributed by atoms with Gasteiger partial charge in [0.05, 0.1) is 11.5 Å². The fourth-order valence-corrected chi connectivity index (χ4v) is 9.35. The Balaban J connectivity index is 1.41. The number of fused-ring (bicyclic) bond motifs is 5. The number of unbranched alkanes of at least 4 members (excludes halogenated alkanes) is 1. The van der Waals surface area contributed by atoms with Crippen molar-refractivity contribution in [3.05, 3.63) is 11.6 Å². The summed E-state index contributed by atoms with van der Waals surface area (Å²) < 4.78 is 0. The molecule has 0 heterocycles. The van der Waals surface area contributed by atoms with Crippen molar-refractivity contribution in [2.24, 2.45) is 51.8 Å². The second-order valence-corrected chi connectivity index (χ2v) is 13.7. The molecule has 0 amide bonds. The number of nitrogens with zero attached hydrogens (tertiary/aromatic N) is 1. The first-order valence-electron chi connectivity index (χ1n) is 14.3. The van der Waals surface area contributed by atoms with Crippen molar-refractivity contribution in [1.29, 1.82) is 5.26 Å². The van der Waals surface area contributed by atoms with Crippen molar-refractivity contribution < 1.29 is 0 Å². The van der Waals surface area contributed by atoms with E-state index in [4.69, 9.17) is 0 Å². The molecule has 32 heavy (non-hydrogen) atoms. The zero-order valence-corrected chi connectivity index (χ0v) is 22.2. The Morgan fingerprint density at radius 1 is 1.09 bits per heavy atom. The lowest BCUT2D eigenvalue weighted by atomic mass is 9.46. The van der Waals surface area contributed by atoms with Gasteiger partial charge in [-0.25, -0.2) is 0 Å². The highest BCUT2D eigenvalue weighted by Crippen LogP contribution is 2.67. The lowest BCUT2D eigenvalue weighted by molar-refractivity contribution is -0.0528. The van der Waals surface area contributed by atoms with Crippen LogP contribution < -0.4 is 0 Å². The predicted molar refractivity (Wildman–Crippen MR) is 136 cm³/mol. The molecule has 1 heteroatoms. The molecule has 0 saturated heterocycles. The largest absolute Gasteiger partial charge is 0.198 e. The van der Waals surface area contributed by atoms with E-state index in [2.05, 4.69) is 53.7 Å². The van der Waals surface area contributed by atoms with Crippen LogP contribution in [0.15, 0.2) is 11.6 Å². The molecule has 0 aliphatic heterocycles. The van der Waals surface area contributed by atoms with E-state index in [0.29, 0.717) is 10.8 Å². The summed E-state index contributed by atoms with van der Waals surface area (Å²) in [5, 5.41) is 9.30. The second-order valence-electron chi connectivity index (χ2n) is 13.7. The Kier molecular flexibility index (Phi) is 6.94. The first-order chi connectivity index (χ1) is 15.1. The number of rotatable bonds is 7.